The standard InChI is InChI=1S/C21H17Cl2N5O2/c22-13-7-5-12(6-8-13)16-11-17(14-3-1-2-4-15(14)23)28-20(24-16)25-21(26-28)27-18(29)9-10-19(27)30/h1-8,16-17H,9-11H2,(H,24,25,26). The molecule has 7 nitrogen and oxygen atoms in total. The van der Waals surface area contributed by atoms with E-state index in [-0.39, 0.29) is 42.7 Å². The van der Waals surface area contributed by atoms with Crippen LogP contribution in [0.5, 0.6) is 0 Å². The number of imide groups is 1. The fourth-order valence-corrected chi connectivity index (χ4v) is 4.37. The Kier molecular flexibility index (Phi) is 4.72. The van der Waals surface area contributed by atoms with E-state index in [2.05, 4.69) is 15.4 Å². The van der Waals surface area contributed by atoms with Gasteiger partial charge in [-0.2, -0.15) is 4.98 Å². The number of hydrogen-bond acceptors (Lipinski definition) is 5. The number of aromatic nitrogens is 3. The lowest BCUT2D eigenvalue weighted by Gasteiger charge is -2.32. The normalized spacial score (nSPS) is 20.9. The van der Waals surface area contributed by atoms with Crippen LogP contribution in [-0.2, 0) is 9.59 Å². The molecule has 0 aliphatic carbocycles. The molecule has 0 radical (unpaired) electrons. The quantitative estimate of drug-likeness (QED) is 0.609. The molecular weight excluding hydrogens is 425 g/mol. The van der Waals surface area contributed by atoms with Crippen molar-refractivity contribution in [3.63, 3.8) is 0 Å². The average molecular weight is 442 g/mol. The minimum atomic E-state index is -0.286. The van der Waals surface area contributed by atoms with Gasteiger partial charge in [0.1, 0.15) is 0 Å². The Morgan fingerprint density at radius 3 is 2.37 bits per heavy atom. The SMILES string of the molecule is O=C1CCC(=O)N1c1nc2n(n1)C(c1ccccc1Cl)CC(c1ccc(Cl)cc1)N2. The van der Waals surface area contributed by atoms with E-state index in [0.29, 0.717) is 22.4 Å². The zero-order valence-electron chi connectivity index (χ0n) is 15.8. The van der Waals surface area contributed by atoms with Crippen molar-refractivity contribution >= 4 is 46.9 Å². The van der Waals surface area contributed by atoms with Crippen LogP contribution in [0.2, 0.25) is 10.0 Å². The maximum atomic E-state index is 12.2. The van der Waals surface area contributed by atoms with E-state index in [4.69, 9.17) is 23.2 Å². The molecule has 3 heterocycles. The zero-order chi connectivity index (χ0) is 20.8. The summed E-state index contributed by atoms with van der Waals surface area (Å²) in [5.74, 6) is 0.00501. The predicted molar refractivity (Wildman–Crippen MR) is 114 cm³/mol. The Morgan fingerprint density at radius 2 is 1.67 bits per heavy atom. The number of hydrogen-bond donors (Lipinski definition) is 1. The largest absolute Gasteiger partial charge is 0.347 e. The van der Waals surface area contributed by atoms with Gasteiger partial charge in [0.25, 0.3) is 5.95 Å². The minimum Gasteiger partial charge on any atom is -0.347 e. The number of nitrogens with zero attached hydrogens (tertiary/aromatic N) is 4. The van der Waals surface area contributed by atoms with Crippen molar-refractivity contribution in [2.45, 2.75) is 31.3 Å². The second kappa shape index (κ2) is 7.41. The molecule has 1 saturated heterocycles. The van der Waals surface area contributed by atoms with Crippen LogP contribution in [-0.4, -0.2) is 26.6 Å². The van der Waals surface area contributed by atoms with Gasteiger partial charge in [-0.05, 0) is 35.7 Å². The highest BCUT2D eigenvalue weighted by Gasteiger charge is 2.37. The number of amides is 2. The Labute approximate surface area is 182 Å². The fourth-order valence-electron chi connectivity index (χ4n) is 3.98. The van der Waals surface area contributed by atoms with Gasteiger partial charge in [0, 0.05) is 22.9 Å². The third kappa shape index (κ3) is 3.24. The smallest absolute Gasteiger partial charge is 0.260 e. The Hall–Kier alpha value is -2.90. The first-order valence-electron chi connectivity index (χ1n) is 9.60. The summed E-state index contributed by atoms with van der Waals surface area (Å²) in [6.45, 7) is 0. The van der Waals surface area contributed by atoms with E-state index in [1.807, 2.05) is 48.5 Å². The number of carbonyl (C=O) groups is 2. The molecule has 3 aromatic rings. The summed E-state index contributed by atoms with van der Waals surface area (Å²) in [6.07, 6.45) is 1.01. The number of benzene rings is 2. The van der Waals surface area contributed by atoms with Crippen molar-refractivity contribution in [3.8, 4) is 0 Å². The van der Waals surface area contributed by atoms with Gasteiger partial charge >= 0.3 is 0 Å². The predicted octanol–water partition coefficient (Wildman–Crippen LogP) is 4.38. The van der Waals surface area contributed by atoms with Crippen LogP contribution in [0.1, 0.15) is 42.5 Å². The number of carbonyl (C=O) groups excluding carboxylic acids is 2. The van der Waals surface area contributed by atoms with E-state index in [9.17, 15) is 9.59 Å². The first kappa shape index (κ1) is 19.1. The lowest BCUT2D eigenvalue weighted by molar-refractivity contribution is -0.121. The second-order valence-corrected chi connectivity index (χ2v) is 8.17. The monoisotopic (exact) mass is 441 g/mol. The summed E-state index contributed by atoms with van der Waals surface area (Å²) in [5.41, 5.74) is 1.94. The van der Waals surface area contributed by atoms with E-state index in [0.717, 1.165) is 16.0 Å². The Balaban J connectivity index is 1.59. The van der Waals surface area contributed by atoms with Gasteiger partial charge in [0.05, 0.1) is 12.1 Å². The lowest BCUT2D eigenvalue weighted by atomic mass is 9.93. The van der Waals surface area contributed by atoms with Gasteiger partial charge in [-0.15, -0.1) is 5.10 Å². The number of fused-ring (bicyclic) bond motifs is 1. The summed E-state index contributed by atoms with van der Waals surface area (Å²) >= 11 is 12.5. The minimum absolute atomic E-state index is 0.0712. The highest BCUT2D eigenvalue weighted by Crippen LogP contribution is 2.41. The van der Waals surface area contributed by atoms with Gasteiger partial charge < -0.3 is 5.32 Å². The number of anilines is 2. The van der Waals surface area contributed by atoms with Crippen molar-refractivity contribution in [2.75, 3.05) is 10.2 Å². The number of rotatable bonds is 3. The molecule has 2 aliphatic rings. The molecule has 1 aromatic heterocycles. The molecule has 0 saturated carbocycles. The van der Waals surface area contributed by atoms with Gasteiger partial charge in [-0.3, -0.25) is 9.59 Å². The van der Waals surface area contributed by atoms with Crippen LogP contribution in [0.15, 0.2) is 48.5 Å². The summed E-state index contributed by atoms with van der Waals surface area (Å²) in [4.78, 5) is 29.9. The molecule has 2 aromatic carbocycles. The molecule has 30 heavy (non-hydrogen) atoms. The van der Waals surface area contributed by atoms with E-state index in [1.165, 1.54) is 0 Å². The zero-order valence-corrected chi connectivity index (χ0v) is 17.3. The van der Waals surface area contributed by atoms with E-state index < -0.39 is 0 Å². The third-order valence-electron chi connectivity index (χ3n) is 5.47. The van der Waals surface area contributed by atoms with Crippen LogP contribution < -0.4 is 10.2 Å². The van der Waals surface area contributed by atoms with Gasteiger partial charge in [0.15, 0.2) is 0 Å². The summed E-state index contributed by atoms with van der Waals surface area (Å²) in [6, 6.07) is 14.9. The Morgan fingerprint density at radius 1 is 0.967 bits per heavy atom. The number of halogens is 2. The summed E-state index contributed by atoms with van der Waals surface area (Å²) in [7, 11) is 0. The van der Waals surface area contributed by atoms with Crippen molar-refractivity contribution in [3.05, 3.63) is 69.7 Å². The van der Waals surface area contributed by atoms with Crippen molar-refractivity contribution in [2.24, 2.45) is 0 Å². The lowest BCUT2D eigenvalue weighted by Crippen LogP contribution is -2.30. The molecule has 2 unspecified atom stereocenters. The fraction of sp³-hybridized carbons (Fsp3) is 0.238. The topological polar surface area (TPSA) is 80.1 Å². The maximum absolute atomic E-state index is 12.2. The molecule has 1 N–H and O–H groups in total. The molecule has 152 valence electrons. The Bertz CT molecular complexity index is 1130. The maximum Gasteiger partial charge on any atom is 0.260 e. The molecular formula is C21H17Cl2N5O2. The first-order chi connectivity index (χ1) is 14.5. The molecule has 2 atom stereocenters. The molecule has 2 amide bonds. The second-order valence-electron chi connectivity index (χ2n) is 7.32. The molecule has 5 rings (SSSR count). The van der Waals surface area contributed by atoms with Gasteiger partial charge in [0.2, 0.25) is 17.8 Å². The number of nitrogens with one attached hydrogen (secondary N) is 1. The van der Waals surface area contributed by atoms with Gasteiger partial charge in [-0.25, -0.2) is 9.58 Å². The summed E-state index contributed by atoms with van der Waals surface area (Å²) < 4.78 is 1.71. The molecule has 0 bridgehead atoms. The van der Waals surface area contributed by atoms with Crippen molar-refractivity contribution in [1.29, 1.82) is 0 Å². The highest BCUT2D eigenvalue weighted by molar-refractivity contribution is 6.31. The molecule has 9 heteroatoms. The van der Waals surface area contributed by atoms with E-state index >= 15 is 0 Å². The van der Waals surface area contributed by atoms with Crippen LogP contribution in [0.3, 0.4) is 0 Å². The van der Waals surface area contributed by atoms with Crippen molar-refractivity contribution < 1.29 is 9.59 Å². The average Bonchev–Trinajstić information content (AvgIpc) is 3.30. The van der Waals surface area contributed by atoms with Crippen LogP contribution in [0.4, 0.5) is 11.9 Å². The van der Waals surface area contributed by atoms with E-state index in [1.54, 1.807) is 4.68 Å². The molecule has 0 spiro atoms. The molecule has 1 fully saturated rings. The molecule has 2 aliphatic heterocycles. The third-order valence-corrected chi connectivity index (χ3v) is 6.06. The van der Waals surface area contributed by atoms with Crippen LogP contribution in [0.25, 0.3) is 0 Å². The van der Waals surface area contributed by atoms with Crippen LogP contribution in [0, 0.1) is 0 Å². The highest BCUT2D eigenvalue weighted by atomic mass is 35.5. The first-order valence-corrected chi connectivity index (χ1v) is 10.4. The van der Waals surface area contributed by atoms with Crippen molar-refractivity contribution in [1.82, 2.24) is 14.8 Å². The summed E-state index contributed by atoms with van der Waals surface area (Å²) in [5, 5.41) is 9.18. The van der Waals surface area contributed by atoms with Gasteiger partial charge in [-0.1, -0.05) is 53.5 Å². The van der Waals surface area contributed by atoms with Crippen LogP contribution >= 0.6 is 23.2 Å².